The molecule has 0 aliphatic heterocycles. The molecule has 1 unspecified atom stereocenters. The third kappa shape index (κ3) is 8.61. The van der Waals surface area contributed by atoms with E-state index in [2.05, 4.69) is 27.7 Å². The van der Waals surface area contributed by atoms with Crippen LogP contribution in [0.3, 0.4) is 0 Å². The molecular formula is C27H38O6. The van der Waals surface area contributed by atoms with Crippen molar-refractivity contribution < 1.29 is 29.2 Å². The number of carboxylic acids is 1. The van der Waals surface area contributed by atoms with Crippen LogP contribution in [0, 0.1) is 17.8 Å². The average molecular weight is 459 g/mol. The lowest BCUT2D eigenvalue weighted by atomic mass is 9.97. The fraction of sp³-hybridized carbons (Fsp3) is 0.519. The lowest BCUT2D eigenvalue weighted by Crippen LogP contribution is -2.11. The number of aliphatic carboxylic acids is 1. The number of hydrogen-bond donors (Lipinski definition) is 2. The fourth-order valence-electron chi connectivity index (χ4n) is 3.12. The zero-order chi connectivity index (χ0) is 24.5. The molecule has 6 heteroatoms. The summed E-state index contributed by atoms with van der Waals surface area (Å²) in [6, 6.07) is 10.6. The number of carboxylic acid groups (broad SMARTS) is 1. The lowest BCUT2D eigenvalue weighted by Gasteiger charge is -2.20. The number of aliphatic hydroxyl groups is 1. The van der Waals surface area contributed by atoms with E-state index < -0.39 is 12.1 Å². The highest BCUT2D eigenvalue weighted by Gasteiger charge is 2.20. The first kappa shape index (κ1) is 26.5. The Kier molecular flexibility index (Phi) is 10.0. The van der Waals surface area contributed by atoms with Crippen LogP contribution in [0.1, 0.15) is 64.3 Å². The molecule has 33 heavy (non-hydrogen) atoms. The molecule has 6 nitrogen and oxygen atoms in total. The smallest absolute Gasteiger partial charge is 0.307 e. The molecule has 0 aliphatic rings. The second kappa shape index (κ2) is 12.5. The van der Waals surface area contributed by atoms with Crippen molar-refractivity contribution in [2.24, 2.45) is 17.8 Å². The fourth-order valence-corrected chi connectivity index (χ4v) is 3.12. The van der Waals surface area contributed by atoms with E-state index in [1.54, 1.807) is 24.3 Å². The number of aliphatic hydroxyl groups excluding tert-OH is 1. The highest BCUT2D eigenvalue weighted by molar-refractivity contribution is 5.71. The molecule has 2 aromatic carbocycles. The summed E-state index contributed by atoms with van der Waals surface area (Å²) in [4.78, 5) is 11.4. The molecule has 0 saturated heterocycles. The molecule has 0 fully saturated rings. The molecule has 182 valence electrons. The van der Waals surface area contributed by atoms with Gasteiger partial charge in [0.15, 0.2) is 0 Å². The Morgan fingerprint density at radius 1 is 0.788 bits per heavy atom. The lowest BCUT2D eigenvalue weighted by molar-refractivity contribution is -0.136. The van der Waals surface area contributed by atoms with Gasteiger partial charge in [0.25, 0.3) is 0 Å². The van der Waals surface area contributed by atoms with Crippen molar-refractivity contribution in [1.29, 1.82) is 0 Å². The molecule has 0 radical (unpaired) electrons. The van der Waals surface area contributed by atoms with Crippen molar-refractivity contribution in [2.45, 2.75) is 54.1 Å². The first-order chi connectivity index (χ1) is 15.6. The standard InChI is InChI=1S/C27H38O6/c1-17(2)14-31-22-8-9-23(25(13-22)33-16-19(5)6)27(30)20-7-10-24(32-15-18(3)4)21(11-20)12-26(28)29/h7-11,13,17-19,27,30H,12,14-16H2,1-6H3,(H,28,29). The number of benzene rings is 2. The van der Waals surface area contributed by atoms with Gasteiger partial charge in [-0.15, -0.1) is 0 Å². The molecule has 2 aromatic rings. The van der Waals surface area contributed by atoms with E-state index in [1.807, 2.05) is 26.0 Å². The van der Waals surface area contributed by atoms with Crippen molar-refractivity contribution in [2.75, 3.05) is 19.8 Å². The van der Waals surface area contributed by atoms with Crippen molar-refractivity contribution in [1.82, 2.24) is 0 Å². The predicted molar refractivity (Wildman–Crippen MR) is 129 cm³/mol. The van der Waals surface area contributed by atoms with Gasteiger partial charge >= 0.3 is 5.97 Å². The number of ether oxygens (including phenoxy) is 3. The molecular weight excluding hydrogens is 420 g/mol. The molecule has 0 aromatic heterocycles. The minimum Gasteiger partial charge on any atom is -0.493 e. The zero-order valence-corrected chi connectivity index (χ0v) is 20.6. The van der Waals surface area contributed by atoms with Gasteiger partial charge in [-0.25, -0.2) is 0 Å². The largest absolute Gasteiger partial charge is 0.493 e. The first-order valence-corrected chi connectivity index (χ1v) is 11.6. The van der Waals surface area contributed by atoms with E-state index in [-0.39, 0.29) is 6.42 Å². The van der Waals surface area contributed by atoms with E-state index in [1.165, 1.54) is 0 Å². The molecule has 0 aliphatic carbocycles. The van der Waals surface area contributed by atoms with Crippen LogP contribution in [0.25, 0.3) is 0 Å². The van der Waals surface area contributed by atoms with E-state index in [4.69, 9.17) is 14.2 Å². The summed E-state index contributed by atoms with van der Waals surface area (Å²) in [5.74, 6) is 1.82. The Hall–Kier alpha value is -2.73. The maximum atomic E-state index is 11.4. The second-order valence-electron chi connectivity index (χ2n) is 9.65. The van der Waals surface area contributed by atoms with Gasteiger partial charge in [-0.1, -0.05) is 47.6 Å². The van der Waals surface area contributed by atoms with Gasteiger partial charge in [0.1, 0.15) is 23.4 Å². The SMILES string of the molecule is CC(C)COc1ccc(C(O)c2ccc(OCC(C)C)c(CC(=O)O)c2)c(OCC(C)C)c1. The molecule has 2 N–H and O–H groups in total. The Labute approximate surface area is 197 Å². The molecule has 0 saturated carbocycles. The van der Waals surface area contributed by atoms with Crippen LogP contribution in [0.4, 0.5) is 0 Å². The van der Waals surface area contributed by atoms with Crippen molar-refractivity contribution in [3.05, 3.63) is 53.1 Å². The topological polar surface area (TPSA) is 85.2 Å². The summed E-state index contributed by atoms with van der Waals surface area (Å²) >= 11 is 0. The molecule has 1 atom stereocenters. The number of rotatable bonds is 13. The molecule has 0 heterocycles. The molecule has 0 spiro atoms. The van der Waals surface area contributed by atoms with E-state index in [0.29, 0.717) is 71.5 Å². The minimum absolute atomic E-state index is 0.188. The van der Waals surface area contributed by atoms with Gasteiger partial charge < -0.3 is 24.4 Å². The van der Waals surface area contributed by atoms with E-state index >= 15 is 0 Å². The van der Waals surface area contributed by atoms with Gasteiger partial charge in [0.05, 0.1) is 26.2 Å². The van der Waals surface area contributed by atoms with Crippen molar-refractivity contribution >= 4 is 5.97 Å². The minimum atomic E-state index is -0.988. The summed E-state index contributed by atoms with van der Waals surface area (Å²) in [6.07, 6.45) is -1.18. The number of carbonyl (C=O) groups is 1. The third-order valence-corrected chi connectivity index (χ3v) is 4.75. The van der Waals surface area contributed by atoms with Gasteiger partial charge in [0, 0.05) is 17.2 Å². The summed E-state index contributed by atoms with van der Waals surface area (Å²) in [5, 5.41) is 20.6. The third-order valence-electron chi connectivity index (χ3n) is 4.75. The highest BCUT2D eigenvalue weighted by Crippen LogP contribution is 2.35. The summed E-state index contributed by atoms with van der Waals surface area (Å²) in [7, 11) is 0. The van der Waals surface area contributed by atoms with Crippen LogP contribution in [0.15, 0.2) is 36.4 Å². The zero-order valence-electron chi connectivity index (χ0n) is 20.6. The van der Waals surface area contributed by atoms with Crippen molar-refractivity contribution in [3.63, 3.8) is 0 Å². The first-order valence-electron chi connectivity index (χ1n) is 11.6. The van der Waals surface area contributed by atoms with Gasteiger partial charge in [-0.3, -0.25) is 4.79 Å². The maximum Gasteiger partial charge on any atom is 0.307 e. The van der Waals surface area contributed by atoms with Gasteiger partial charge in [0.2, 0.25) is 0 Å². The maximum absolute atomic E-state index is 11.4. The Balaban J connectivity index is 2.38. The Morgan fingerprint density at radius 3 is 1.94 bits per heavy atom. The summed E-state index contributed by atoms with van der Waals surface area (Å²) in [5.41, 5.74) is 1.71. The summed E-state index contributed by atoms with van der Waals surface area (Å²) < 4.78 is 17.7. The Bertz CT molecular complexity index is 903. The van der Waals surface area contributed by atoms with Crippen LogP contribution >= 0.6 is 0 Å². The van der Waals surface area contributed by atoms with Crippen molar-refractivity contribution in [3.8, 4) is 17.2 Å². The second-order valence-corrected chi connectivity index (χ2v) is 9.65. The molecule has 0 amide bonds. The normalized spacial score (nSPS) is 12.3. The summed E-state index contributed by atoms with van der Waals surface area (Å²) in [6.45, 7) is 13.9. The average Bonchev–Trinajstić information content (AvgIpc) is 2.74. The number of hydrogen-bond acceptors (Lipinski definition) is 5. The predicted octanol–water partition coefficient (Wildman–Crippen LogP) is 5.50. The van der Waals surface area contributed by atoms with Crippen LogP contribution in [-0.2, 0) is 11.2 Å². The van der Waals surface area contributed by atoms with E-state index in [9.17, 15) is 15.0 Å². The quantitative estimate of drug-likeness (QED) is 0.412. The van der Waals surface area contributed by atoms with Crippen LogP contribution in [0.2, 0.25) is 0 Å². The van der Waals surface area contributed by atoms with Gasteiger partial charge in [-0.05, 0) is 47.6 Å². The molecule has 0 bridgehead atoms. The van der Waals surface area contributed by atoms with Crippen LogP contribution < -0.4 is 14.2 Å². The van der Waals surface area contributed by atoms with E-state index in [0.717, 1.165) is 0 Å². The van der Waals surface area contributed by atoms with Gasteiger partial charge in [-0.2, -0.15) is 0 Å². The Morgan fingerprint density at radius 2 is 1.36 bits per heavy atom. The van der Waals surface area contributed by atoms with Crippen LogP contribution in [0.5, 0.6) is 17.2 Å². The monoisotopic (exact) mass is 458 g/mol. The highest BCUT2D eigenvalue weighted by atomic mass is 16.5. The molecule has 2 rings (SSSR count). The van der Waals surface area contributed by atoms with Crippen LogP contribution in [-0.4, -0.2) is 36.0 Å².